The Kier molecular flexibility index (Phi) is 11.3. The van der Waals surface area contributed by atoms with Gasteiger partial charge in [0.05, 0.1) is 12.7 Å². The number of terminal acetylenes is 1. The molecule has 1 heterocycles. The Bertz CT molecular complexity index is 683. The lowest BCUT2D eigenvalue weighted by atomic mass is 9.96. The molecule has 2 unspecified atom stereocenters. The van der Waals surface area contributed by atoms with E-state index in [0.717, 1.165) is 5.75 Å². The third-order valence-electron chi connectivity index (χ3n) is 2.79. The highest BCUT2D eigenvalue weighted by atomic mass is 33.1. The lowest BCUT2D eigenvalue weighted by Gasteiger charge is -2.21. The van der Waals surface area contributed by atoms with Crippen LogP contribution in [0.2, 0.25) is 0 Å². The summed E-state index contributed by atoms with van der Waals surface area (Å²) in [6.07, 6.45) is 4.52. The Morgan fingerprint density at radius 2 is 1.82 bits per heavy atom. The van der Waals surface area contributed by atoms with Crippen molar-refractivity contribution in [1.29, 1.82) is 0 Å². The fourth-order valence-corrected chi connectivity index (χ4v) is 6.47. The van der Waals surface area contributed by atoms with Crippen LogP contribution in [0.15, 0.2) is 0 Å². The second-order valence-electron chi connectivity index (χ2n) is 5.05. The molecule has 0 bridgehead atoms. The molecule has 0 spiro atoms. The van der Waals surface area contributed by atoms with Gasteiger partial charge < -0.3 is 29.0 Å². The van der Waals surface area contributed by atoms with E-state index in [1.54, 1.807) is 0 Å². The van der Waals surface area contributed by atoms with Gasteiger partial charge in [-0.05, 0) is 6.42 Å². The first-order valence-corrected chi connectivity index (χ1v) is 14.3. The van der Waals surface area contributed by atoms with Gasteiger partial charge in [0.25, 0.3) is 0 Å². The Morgan fingerprint density at radius 1 is 1.14 bits per heavy atom. The van der Waals surface area contributed by atoms with Gasteiger partial charge >= 0.3 is 23.5 Å². The van der Waals surface area contributed by atoms with E-state index in [-0.39, 0.29) is 12.4 Å². The average molecular weight is 498 g/mol. The zero-order valence-corrected chi connectivity index (χ0v) is 18.5. The molecule has 0 aromatic heterocycles. The van der Waals surface area contributed by atoms with Crippen LogP contribution >= 0.6 is 45.1 Å². The summed E-state index contributed by atoms with van der Waals surface area (Å²) in [5, 5.41) is 0. The zero-order chi connectivity index (χ0) is 21.4. The third-order valence-corrected chi connectivity index (χ3v) is 8.65. The lowest BCUT2D eigenvalue weighted by molar-refractivity contribution is -0.0237. The van der Waals surface area contributed by atoms with Crippen molar-refractivity contribution in [2.24, 2.45) is 0 Å². The van der Waals surface area contributed by atoms with Gasteiger partial charge in [-0.25, -0.2) is 13.7 Å². The SMILES string of the molecule is [B][C@H]1C[C@@H](OCSSCCC#C)[C@@H](COP(=O)(O)OP(=O)(O)OP(=O)(O)O)O1. The summed E-state index contributed by atoms with van der Waals surface area (Å²) < 4.78 is 56.2. The van der Waals surface area contributed by atoms with E-state index in [0.29, 0.717) is 6.42 Å². The van der Waals surface area contributed by atoms with Crippen molar-refractivity contribution in [3.8, 4) is 12.3 Å². The maximum Gasteiger partial charge on any atom is 0.490 e. The predicted octanol–water partition coefficient (Wildman–Crippen LogP) is 1.36. The standard InChI is InChI=1S/C10H18BO12P3S2/c1-2-3-4-27-28-7-19-8-5-10(11)21-9(8)6-20-25(15,16)23-26(17,18)22-24(12,13)14/h1,8-10H,3-7H2,(H,15,16)(H,17,18)(H2,12,13,14)/t8-,9-,10-/m1/s1. The van der Waals surface area contributed by atoms with Gasteiger partial charge in [0, 0.05) is 18.2 Å². The zero-order valence-electron chi connectivity index (χ0n) is 14.1. The van der Waals surface area contributed by atoms with Crippen LogP contribution in [-0.2, 0) is 36.3 Å². The van der Waals surface area contributed by atoms with Gasteiger partial charge in [0.1, 0.15) is 19.9 Å². The van der Waals surface area contributed by atoms with Crippen molar-refractivity contribution >= 4 is 52.9 Å². The van der Waals surface area contributed by atoms with Crippen molar-refractivity contribution in [3.63, 3.8) is 0 Å². The Balaban J connectivity index is 2.49. The molecule has 0 aromatic rings. The van der Waals surface area contributed by atoms with Gasteiger partial charge in [-0.15, -0.1) is 12.3 Å². The molecule has 0 aromatic carbocycles. The molecule has 4 N–H and O–H groups in total. The first-order chi connectivity index (χ1) is 12.8. The minimum absolute atomic E-state index is 0.252. The van der Waals surface area contributed by atoms with Crippen LogP contribution in [0.3, 0.4) is 0 Å². The summed E-state index contributed by atoms with van der Waals surface area (Å²) in [5.74, 6) is 3.48. The fraction of sp³-hybridized carbons (Fsp3) is 0.800. The number of phosphoric acid groups is 3. The van der Waals surface area contributed by atoms with Gasteiger partial charge in [-0.3, -0.25) is 4.52 Å². The van der Waals surface area contributed by atoms with E-state index in [9.17, 15) is 18.6 Å². The van der Waals surface area contributed by atoms with Gasteiger partial charge in [0.2, 0.25) is 0 Å². The molecule has 1 saturated heterocycles. The van der Waals surface area contributed by atoms with Crippen LogP contribution in [0, 0.1) is 12.3 Å². The molecule has 0 saturated carbocycles. The van der Waals surface area contributed by atoms with E-state index < -0.39 is 48.3 Å². The van der Waals surface area contributed by atoms with E-state index >= 15 is 0 Å². The van der Waals surface area contributed by atoms with Gasteiger partial charge in [-0.1, -0.05) is 21.6 Å². The normalized spacial score (nSPS) is 27.0. The molecule has 18 heteroatoms. The third kappa shape index (κ3) is 11.7. The summed E-state index contributed by atoms with van der Waals surface area (Å²) in [6.45, 7) is -0.614. The molecule has 0 amide bonds. The van der Waals surface area contributed by atoms with Crippen LogP contribution in [0.4, 0.5) is 0 Å². The van der Waals surface area contributed by atoms with E-state index in [1.165, 1.54) is 21.6 Å². The molecule has 12 nitrogen and oxygen atoms in total. The van der Waals surface area contributed by atoms with E-state index in [1.807, 2.05) is 0 Å². The summed E-state index contributed by atoms with van der Waals surface area (Å²) in [4.78, 5) is 35.5. The Labute approximate surface area is 170 Å². The molecular weight excluding hydrogens is 480 g/mol. The summed E-state index contributed by atoms with van der Waals surface area (Å²) >= 11 is 0. The maximum atomic E-state index is 11.7. The minimum Gasteiger partial charge on any atom is -0.380 e. The molecule has 160 valence electrons. The average Bonchev–Trinajstić information content (AvgIpc) is 2.85. The Morgan fingerprint density at radius 3 is 2.43 bits per heavy atom. The molecule has 1 aliphatic heterocycles. The van der Waals surface area contributed by atoms with Crippen LogP contribution in [0.25, 0.3) is 0 Å². The summed E-state index contributed by atoms with van der Waals surface area (Å²) in [6, 6.07) is -0.723. The van der Waals surface area contributed by atoms with Crippen LogP contribution in [0.5, 0.6) is 0 Å². The van der Waals surface area contributed by atoms with Gasteiger partial charge in [0.15, 0.2) is 0 Å². The maximum absolute atomic E-state index is 11.7. The number of ether oxygens (including phenoxy) is 2. The minimum atomic E-state index is -5.57. The number of hydrogen-bond acceptors (Lipinski definition) is 10. The van der Waals surface area contributed by atoms with Gasteiger partial charge in [-0.2, -0.15) is 8.62 Å². The van der Waals surface area contributed by atoms with Crippen molar-refractivity contribution < 1.29 is 55.9 Å². The second kappa shape index (κ2) is 11.9. The highest BCUT2D eigenvalue weighted by Crippen LogP contribution is 2.66. The molecule has 5 atom stereocenters. The molecule has 0 aliphatic carbocycles. The highest BCUT2D eigenvalue weighted by Gasteiger charge is 2.42. The van der Waals surface area contributed by atoms with Crippen LogP contribution in [0.1, 0.15) is 12.8 Å². The quantitative estimate of drug-likeness (QED) is 0.0714. The number of rotatable bonds is 13. The topological polar surface area (TPSA) is 178 Å². The highest BCUT2D eigenvalue weighted by molar-refractivity contribution is 8.76. The van der Waals surface area contributed by atoms with E-state index in [4.69, 9.17) is 38.4 Å². The van der Waals surface area contributed by atoms with Crippen molar-refractivity contribution in [2.75, 3.05) is 18.3 Å². The van der Waals surface area contributed by atoms with Crippen molar-refractivity contribution in [1.82, 2.24) is 0 Å². The van der Waals surface area contributed by atoms with Crippen LogP contribution < -0.4 is 0 Å². The first kappa shape index (κ1) is 26.7. The van der Waals surface area contributed by atoms with Crippen molar-refractivity contribution in [2.45, 2.75) is 31.1 Å². The molecule has 1 rings (SSSR count). The molecule has 2 radical (unpaired) electrons. The summed E-state index contributed by atoms with van der Waals surface area (Å²) in [5.41, 5.74) is 0. The second-order valence-corrected chi connectivity index (χ2v) is 12.0. The van der Waals surface area contributed by atoms with Crippen molar-refractivity contribution in [3.05, 3.63) is 0 Å². The molecule has 28 heavy (non-hydrogen) atoms. The number of phosphoric ester groups is 1. The Hall–Kier alpha value is 0.655. The largest absolute Gasteiger partial charge is 0.490 e. The summed E-state index contributed by atoms with van der Waals surface area (Å²) in [7, 11) is -7.72. The fourth-order valence-electron chi connectivity index (χ4n) is 1.85. The predicted molar refractivity (Wildman–Crippen MR) is 102 cm³/mol. The first-order valence-electron chi connectivity index (χ1n) is 7.32. The molecule has 1 aliphatic rings. The van der Waals surface area contributed by atoms with E-state index in [2.05, 4.69) is 19.1 Å². The lowest BCUT2D eigenvalue weighted by Crippen LogP contribution is -2.29. The number of hydrogen-bond donors (Lipinski definition) is 4. The van der Waals surface area contributed by atoms with Crippen LogP contribution in [-0.4, -0.2) is 63.9 Å². The molecule has 1 fully saturated rings. The molecular formula is C10H18BO12P3S2. The smallest absolute Gasteiger partial charge is 0.380 e. The monoisotopic (exact) mass is 498 g/mol.